The van der Waals surface area contributed by atoms with Crippen LogP contribution in [0.4, 0.5) is 0 Å². The van der Waals surface area contributed by atoms with Crippen molar-refractivity contribution in [1.29, 1.82) is 0 Å². The van der Waals surface area contributed by atoms with E-state index in [0.717, 1.165) is 18.7 Å². The van der Waals surface area contributed by atoms with Crippen LogP contribution in [0.15, 0.2) is 23.2 Å². The van der Waals surface area contributed by atoms with Gasteiger partial charge in [0.25, 0.3) is 5.91 Å². The zero-order valence-corrected chi connectivity index (χ0v) is 12.1. The quantitative estimate of drug-likeness (QED) is 0.878. The molecule has 1 amide bonds. The molecule has 2 aromatic heterocycles. The molecule has 0 saturated heterocycles. The molecule has 0 radical (unpaired) electrons. The van der Waals surface area contributed by atoms with Crippen LogP contribution in [0.3, 0.4) is 0 Å². The van der Waals surface area contributed by atoms with Crippen molar-refractivity contribution in [3.63, 3.8) is 0 Å². The van der Waals surface area contributed by atoms with Gasteiger partial charge in [-0.3, -0.25) is 4.79 Å². The molecule has 2 aromatic rings. The number of hydrogen-bond acceptors (Lipinski definition) is 4. The van der Waals surface area contributed by atoms with Gasteiger partial charge in [-0.25, -0.2) is 9.97 Å². The lowest BCUT2D eigenvalue weighted by atomic mass is 10.1. The van der Waals surface area contributed by atoms with Crippen molar-refractivity contribution in [2.45, 2.75) is 39.2 Å². The molecule has 0 aliphatic heterocycles. The number of hydrogen-bond donors (Lipinski definition) is 1. The van der Waals surface area contributed by atoms with Crippen LogP contribution in [0.5, 0.6) is 0 Å². The van der Waals surface area contributed by atoms with Gasteiger partial charge in [0.05, 0.1) is 6.04 Å². The second-order valence-electron chi connectivity index (χ2n) is 4.69. The fraction of sp³-hybridized carbons (Fsp3) is 0.500. The standard InChI is InChI=1S/C14H20N4O2/c1-4-6-10(13-15-7-8-18(13)3)17-14(19)12-11(5-2)20-9-16-12/h7-10H,4-6H2,1-3H3,(H,17,19)/t10-/m1/s1. The van der Waals surface area contributed by atoms with E-state index in [1.54, 1.807) is 6.20 Å². The van der Waals surface area contributed by atoms with Gasteiger partial charge in [0.1, 0.15) is 11.6 Å². The number of carbonyl (C=O) groups is 1. The molecule has 0 aromatic carbocycles. The molecule has 6 heteroatoms. The lowest BCUT2D eigenvalue weighted by Gasteiger charge is -2.17. The minimum absolute atomic E-state index is 0.117. The smallest absolute Gasteiger partial charge is 0.274 e. The molecule has 0 saturated carbocycles. The summed E-state index contributed by atoms with van der Waals surface area (Å²) in [4.78, 5) is 20.6. The van der Waals surface area contributed by atoms with Crippen molar-refractivity contribution in [3.05, 3.63) is 36.1 Å². The maximum absolute atomic E-state index is 12.3. The summed E-state index contributed by atoms with van der Waals surface area (Å²) in [6.07, 6.45) is 7.34. The van der Waals surface area contributed by atoms with E-state index < -0.39 is 0 Å². The van der Waals surface area contributed by atoms with Crippen molar-refractivity contribution in [2.75, 3.05) is 0 Å². The Morgan fingerprint density at radius 2 is 2.25 bits per heavy atom. The Morgan fingerprint density at radius 3 is 2.85 bits per heavy atom. The van der Waals surface area contributed by atoms with E-state index in [1.165, 1.54) is 6.39 Å². The molecule has 20 heavy (non-hydrogen) atoms. The first-order valence-electron chi connectivity index (χ1n) is 6.87. The van der Waals surface area contributed by atoms with Crippen LogP contribution in [0.1, 0.15) is 54.8 Å². The molecule has 0 unspecified atom stereocenters. The van der Waals surface area contributed by atoms with Gasteiger partial charge in [-0.2, -0.15) is 0 Å². The summed E-state index contributed by atoms with van der Waals surface area (Å²) in [6, 6.07) is -0.117. The highest BCUT2D eigenvalue weighted by atomic mass is 16.3. The Balaban J connectivity index is 2.16. The van der Waals surface area contributed by atoms with Crippen LogP contribution >= 0.6 is 0 Å². The normalized spacial score (nSPS) is 12.3. The molecular weight excluding hydrogens is 256 g/mol. The van der Waals surface area contributed by atoms with Crippen molar-refractivity contribution in [3.8, 4) is 0 Å². The molecule has 2 rings (SSSR count). The first-order valence-corrected chi connectivity index (χ1v) is 6.87. The Morgan fingerprint density at radius 1 is 1.45 bits per heavy atom. The third-order valence-electron chi connectivity index (χ3n) is 3.23. The van der Waals surface area contributed by atoms with E-state index in [0.29, 0.717) is 17.9 Å². The van der Waals surface area contributed by atoms with Crippen LogP contribution in [-0.4, -0.2) is 20.4 Å². The second kappa shape index (κ2) is 6.36. The highest BCUT2D eigenvalue weighted by Gasteiger charge is 2.22. The first-order chi connectivity index (χ1) is 9.67. The molecule has 0 bridgehead atoms. The zero-order valence-electron chi connectivity index (χ0n) is 12.1. The summed E-state index contributed by atoms with van der Waals surface area (Å²) in [6.45, 7) is 4.01. The van der Waals surface area contributed by atoms with Crippen molar-refractivity contribution >= 4 is 5.91 Å². The maximum atomic E-state index is 12.3. The second-order valence-corrected chi connectivity index (χ2v) is 4.69. The zero-order chi connectivity index (χ0) is 14.5. The van der Waals surface area contributed by atoms with Gasteiger partial charge in [-0.1, -0.05) is 20.3 Å². The highest BCUT2D eigenvalue weighted by molar-refractivity contribution is 5.93. The van der Waals surface area contributed by atoms with Crippen LogP contribution in [0.25, 0.3) is 0 Å². The van der Waals surface area contributed by atoms with Crippen molar-refractivity contribution in [1.82, 2.24) is 19.9 Å². The number of rotatable bonds is 6. The molecule has 0 spiro atoms. The van der Waals surface area contributed by atoms with Gasteiger partial charge in [0.15, 0.2) is 12.1 Å². The number of amides is 1. The third kappa shape index (κ3) is 2.89. The van der Waals surface area contributed by atoms with Crippen LogP contribution in [-0.2, 0) is 13.5 Å². The summed E-state index contributed by atoms with van der Waals surface area (Å²) in [5.41, 5.74) is 0.364. The molecule has 1 atom stereocenters. The highest BCUT2D eigenvalue weighted by Crippen LogP contribution is 2.17. The van der Waals surface area contributed by atoms with Gasteiger partial charge in [-0.05, 0) is 6.42 Å². The Bertz CT molecular complexity index is 573. The van der Waals surface area contributed by atoms with E-state index in [1.807, 2.05) is 24.7 Å². The van der Waals surface area contributed by atoms with Crippen molar-refractivity contribution in [2.24, 2.45) is 7.05 Å². The first kappa shape index (κ1) is 14.3. The number of carbonyl (C=O) groups excluding carboxylic acids is 1. The summed E-state index contributed by atoms with van der Waals surface area (Å²) in [7, 11) is 1.92. The SMILES string of the molecule is CCC[C@@H](NC(=O)c1ncoc1CC)c1nccn1C. The van der Waals surface area contributed by atoms with Gasteiger partial charge < -0.3 is 14.3 Å². The lowest BCUT2D eigenvalue weighted by Crippen LogP contribution is -2.31. The topological polar surface area (TPSA) is 73.0 Å². The number of oxazole rings is 1. The van der Waals surface area contributed by atoms with E-state index >= 15 is 0 Å². The third-order valence-corrected chi connectivity index (χ3v) is 3.23. The average molecular weight is 276 g/mol. The molecule has 108 valence electrons. The average Bonchev–Trinajstić information content (AvgIpc) is 3.06. The molecule has 0 aliphatic rings. The molecule has 0 fully saturated rings. The molecule has 0 aliphatic carbocycles. The molecule has 1 N–H and O–H groups in total. The van der Waals surface area contributed by atoms with Crippen molar-refractivity contribution < 1.29 is 9.21 Å². The predicted molar refractivity (Wildman–Crippen MR) is 74.2 cm³/mol. The lowest BCUT2D eigenvalue weighted by molar-refractivity contribution is 0.0925. The number of aryl methyl sites for hydroxylation is 2. The molecule has 6 nitrogen and oxygen atoms in total. The van der Waals surface area contributed by atoms with Gasteiger partial charge in [0.2, 0.25) is 0 Å². The summed E-state index contributed by atoms with van der Waals surface area (Å²) in [5.74, 6) is 1.25. The van der Waals surface area contributed by atoms with E-state index in [2.05, 4.69) is 22.2 Å². The number of imidazole rings is 1. The Kier molecular flexibility index (Phi) is 4.55. The maximum Gasteiger partial charge on any atom is 0.274 e. The summed E-state index contributed by atoms with van der Waals surface area (Å²) < 4.78 is 7.12. The predicted octanol–water partition coefficient (Wildman–Crippen LogP) is 2.24. The summed E-state index contributed by atoms with van der Waals surface area (Å²) in [5, 5.41) is 2.99. The molecular formula is C14H20N4O2. The fourth-order valence-corrected chi connectivity index (χ4v) is 2.20. The minimum Gasteiger partial charge on any atom is -0.448 e. The Labute approximate surface area is 118 Å². The van der Waals surface area contributed by atoms with E-state index in [-0.39, 0.29) is 11.9 Å². The minimum atomic E-state index is -0.211. The van der Waals surface area contributed by atoms with Gasteiger partial charge in [-0.15, -0.1) is 0 Å². The van der Waals surface area contributed by atoms with Gasteiger partial charge in [0, 0.05) is 25.9 Å². The monoisotopic (exact) mass is 276 g/mol. The number of nitrogens with one attached hydrogen (secondary N) is 1. The van der Waals surface area contributed by atoms with Crippen LogP contribution in [0, 0.1) is 0 Å². The van der Waals surface area contributed by atoms with E-state index in [4.69, 9.17) is 4.42 Å². The number of aromatic nitrogens is 3. The number of nitrogens with zero attached hydrogens (tertiary/aromatic N) is 3. The van der Waals surface area contributed by atoms with Crippen LogP contribution in [0.2, 0.25) is 0 Å². The van der Waals surface area contributed by atoms with E-state index in [9.17, 15) is 4.79 Å². The van der Waals surface area contributed by atoms with Crippen LogP contribution < -0.4 is 5.32 Å². The van der Waals surface area contributed by atoms with Gasteiger partial charge >= 0.3 is 0 Å². The fourth-order valence-electron chi connectivity index (χ4n) is 2.20. The Hall–Kier alpha value is -2.11. The summed E-state index contributed by atoms with van der Waals surface area (Å²) >= 11 is 0. The largest absolute Gasteiger partial charge is 0.448 e. The molecule has 2 heterocycles.